The van der Waals surface area contributed by atoms with Crippen molar-refractivity contribution in [2.45, 2.75) is 45.1 Å². The molecule has 2 rings (SSSR count). The first kappa shape index (κ1) is 13.7. The van der Waals surface area contributed by atoms with Crippen LogP contribution in [0.2, 0.25) is 5.02 Å². The third kappa shape index (κ3) is 3.89. The lowest BCUT2D eigenvalue weighted by atomic mass is 10.0. The van der Waals surface area contributed by atoms with E-state index < -0.39 is 0 Å². The minimum atomic E-state index is -0.358. The number of hydrogen-bond donors (Lipinski definition) is 1. The van der Waals surface area contributed by atoms with Gasteiger partial charge >= 0.3 is 0 Å². The minimum Gasteiger partial charge on any atom is -0.491 e. The summed E-state index contributed by atoms with van der Waals surface area (Å²) in [5, 5.41) is 10.7. The minimum absolute atomic E-state index is 0.358. The summed E-state index contributed by atoms with van der Waals surface area (Å²) in [6.45, 7) is 2.34. The van der Waals surface area contributed by atoms with Gasteiger partial charge in [0.1, 0.15) is 12.4 Å². The molecule has 1 aliphatic carbocycles. The average Bonchev–Trinajstić information content (AvgIpc) is 2.80. The molecule has 1 atom stereocenters. The highest BCUT2D eigenvalue weighted by molar-refractivity contribution is 6.30. The molecule has 3 heteroatoms. The second-order valence-corrected chi connectivity index (χ2v) is 5.70. The predicted octanol–water partition coefficient (Wildman–Crippen LogP) is 3.97. The fourth-order valence-electron chi connectivity index (χ4n) is 2.66. The lowest BCUT2D eigenvalue weighted by Gasteiger charge is -2.17. The van der Waals surface area contributed by atoms with Gasteiger partial charge in [-0.15, -0.1) is 0 Å². The van der Waals surface area contributed by atoms with Gasteiger partial charge in [0.25, 0.3) is 0 Å². The Hall–Kier alpha value is -0.730. The second kappa shape index (κ2) is 6.44. The number of halogens is 1. The summed E-state index contributed by atoms with van der Waals surface area (Å²) >= 11 is 5.89. The van der Waals surface area contributed by atoms with E-state index in [0.29, 0.717) is 17.5 Å². The molecule has 1 aliphatic rings. The van der Waals surface area contributed by atoms with E-state index in [1.54, 1.807) is 0 Å². The van der Waals surface area contributed by atoms with Crippen molar-refractivity contribution in [1.82, 2.24) is 0 Å². The van der Waals surface area contributed by atoms with E-state index in [9.17, 15) is 5.11 Å². The first-order valence-corrected chi connectivity index (χ1v) is 7.10. The topological polar surface area (TPSA) is 29.5 Å². The molecule has 0 amide bonds. The van der Waals surface area contributed by atoms with Crippen molar-refractivity contribution >= 4 is 11.6 Å². The van der Waals surface area contributed by atoms with Crippen molar-refractivity contribution in [1.29, 1.82) is 0 Å². The normalized spacial score (nSPS) is 17.9. The van der Waals surface area contributed by atoms with Gasteiger partial charge in [0.2, 0.25) is 0 Å². The lowest BCUT2D eigenvalue weighted by molar-refractivity contribution is 0.0852. The molecule has 0 radical (unpaired) electrons. The lowest BCUT2D eigenvalue weighted by Crippen LogP contribution is -2.20. The summed E-state index contributed by atoms with van der Waals surface area (Å²) < 4.78 is 5.66. The smallest absolute Gasteiger partial charge is 0.122 e. The van der Waals surface area contributed by atoms with Gasteiger partial charge in [-0.2, -0.15) is 0 Å². The number of rotatable bonds is 5. The van der Waals surface area contributed by atoms with E-state index in [1.165, 1.54) is 25.7 Å². The van der Waals surface area contributed by atoms with Crippen LogP contribution in [0.1, 0.15) is 37.7 Å². The number of ether oxygens (including phenoxy) is 1. The van der Waals surface area contributed by atoms with Crippen LogP contribution in [0, 0.1) is 12.8 Å². The Morgan fingerprint density at radius 1 is 1.39 bits per heavy atom. The SMILES string of the molecule is Cc1cc(Cl)ccc1OCC(O)CC1CCCC1. The van der Waals surface area contributed by atoms with Crippen LogP contribution in [-0.2, 0) is 0 Å². The van der Waals surface area contributed by atoms with Gasteiger partial charge in [0, 0.05) is 5.02 Å². The van der Waals surface area contributed by atoms with Crippen LogP contribution in [0.3, 0.4) is 0 Å². The van der Waals surface area contributed by atoms with Crippen molar-refractivity contribution in [2.75, 3.05) is 6.61 Å². The quantitative estimate of drug-likeness (QED) is 0.876. The molecule has 0 heterocycles. The Bertz CT molecular complexity index is 386. The Morgan fingerprint density at radius 2 is 2.11 bits per heavy atom. The number of aliphatic hydroxyl groups is 1. The maximum atomic E-state index is 9.97. The van der Waals surface area contributed by atoms with Gasteiger partial charge in [-0.25, -0.2) is 0 Å². The van der Waals surface area contributed by atoms with Crippen molar-refractivity contribution < 1.29 is 9.84 Å². The zero-order valence-corrected chi connectivity index (χ0v) is 11.6. The summed E-state index contributed by atoms with van der Waals surface area (Å²) in [5.74, 6) is 1.50. The Balaban J connectivity index is 1.79. The molecule has 1 N–H and O–H groups in total. The Morgan fingerprint density at radius 3 is 2.78 bits per heavy atom. The summed E-state index contributed by atoms with van der Waals surface area (Å²) in [5.41, 5.74) is 1.01. The van der Waals surface area contributed by atoms with Gasteiger partial charge in [0.15, 0.2) is 0 Å². The van der Waals surface area contributed by atoms with Gasteiger partial charge in [-0.3, -0.25) is 0 Å². The summed E-state index contributed by atoms with van der Waals surface area (Å²) in [6.07, 6.45) is 5.66. The van der Waals surface area contributed by atoms with Crippen LogP contribution < -0.4 is 4.74 Å². The fourth-order valence-corrected chi connectivity index (χ4v) is 2.89. The molecule has 0 aliphatic heterocycles. The number of hydrogen-bond acceptors (Lipinski definition) is 2. The molecule has 18 heavy (non-hydrogen) atoms. The van der Waals surface area contributed by atoms with E-state index in [4.69, 9.17) is 16.3 Å². The van der Waals surface area contributed by atoms with Gasteiger partial charge < -0.3 is 9.84 Å². The first-order chi connectivity index (χ1) is 8.65. The highest BCUT2D eigenvalue weighted by Crippen LogP contribution is 2.29. The van der Waals surface area contributed by atoms with E-state index in [1.807, 2.05) is 25.1 Å². The zero-order chi connectivity index (χ0) is 13.0. The van der Waals surface area contributed by atoms with Gasteiger partial charge in [0.05, 0.1) is 6.10 Å². The molecule has 1 fully saturated rings. The van der Waals surface area contributed by atoms with E-state index in [2.05, 4.69) is 0 Å². The molecule has 0 spiro atoms. The monoisotopic (exact) mass is 268 g/mol. The van der Waals surface area contributed by atoms with Crippen molar-refractivity contribution in [3.63, 3.8) is 0 Å². The standard InChI is InChI=1S/C15H21ClO2/c1-11-8-13(16)6-7-15(11)18-10-14(17)9-12-4-2-3-5-12/h6-8,12,14,17H,2-5,9-10H2,1H3. The van der Waals surface area contributed by atoms with Crippen molar-refractivity contribution in [3.8, 4) is 5.75 Å². The van der Waals surface area contributed by atoms with Crippen LogP contribution in [-0.4, -0.2) is 17.8 Å². The maximum absolute atomic E-state index is 9.97. The molecular weight excluding hydrogens is 248 g/mol. The molecule has 1 aromatic carbocycles. The van der Waals surface area contributed by atoms with E-state index in [0.717, 1.165) is 17.7 Å². The fraction of sp³-hybridized carbons (Fsp3) is 0.600. The molecule has 1 aromatic rings. The number of aryl methyl sites for hydroxylation is 1. The molecule has 2 nitrogen and oxygen atoms in total. The highest BCUT2D eigenvalue weighted by Gasteiger charge is 2.19. The molecule has 0 bridgehead atoms. The van der Waals surface area contributed by atoms with Gasteiger partial charge in [-0.05, 0) is 43.0 Å². The predicted molar refractivity (Wildman–Crippen MR) is 74.3 cm³/mol. The van der Waals surface area contributed by atoms with E-state index in [-0.39, 0.29) is 6.10 Å². The first-order valence-electron chi connectivity index (χ1n) is 6.72. The Labute approximate surface area is 114 Å². The van der Waals surface area contributed by atoms with Crippen LogP contribution in [0.5, 0.6) is 5.75 Å². The third-order valence-electron chi connectivity index (χ3n) is 3.65. The highest BCUT2D eigenvalue weighted by atomic mass is 35.5. The zero-order valence-electron chi connectivity index (χ0n) is 10.9. The summed E-state index contributed by atoms with van der Waals surface area (Å²) in [6, 6.07) is 5.55. The molecule has 1 unspecified atom stereocenters. The second-order valence-electron chi connectivity index (χ2n) is 5.26. The van der Waals surface area contributed by atoms with Crippen LogP contribution in [0.4, 0.5) is 0 Å². The van der Waals surface area contributed by atoms with Crippen LogP contribution >= 0.6 is 11.6 Å². The van der Waals surface area contributed by atoms with Crippen LogP contribution in [0.25, 0.3) is 0 Å². The summed E-state index contributed by atoms with van der Waals surface area (Å²) in [4.78, 5) is 0. The Kier molecular flexibility index (Phi) is 4.90. The van der Waals surface area contributed by atoms with Crippen LogP contribution in [0.15, 0.2) is 18.2 Å². The van der Waals surface area contributed by atoms with Gasteiger partial charge in [-0.1, -0.05) is 37.3 Å². The van der Waals surface area contributed by atoms with Crippen molar-refractivity contribution in [2.24, 2.45) is 5.92 Å². The molecule has 100 valence electrons. The average molecular weight is 269 g/mol. The maximum Gasteiger partial charge on any atom is 0.122 e. The molecular formula is C15H21ClO2. The third-order valence-corrected chi connectivity index (χ3v) is 3.88. The largest absolute Gasteiger partial charge is 0.491 e. The van der Waals surface area contributed by atoms with E-state index >= 15 is 0 Å². The molecule has 0 aromatic heterocycles. The number of benzene rings is 1. The van der Waals surface area contributed by atoms with Crippen molar-refractivity contribution in [3.05, 3.63) is 28.8 Å². The summed E-state index contributed by atoms with van der Waals surface area (Å²) in [7, 11) is 0. The number of aliphatic hydroxyl groups excluding tert-OH is 1. The molecule has 0 saturated heterocycles. The molecule has 1 saturated carbocycles.